The van der Waals surface area contributed by atoms with Gasteiger partial charge >= 0.3 is 0 Å². The number of anilines is 1. The third-order valence-electron chi connectivity index (χ3n) is 2.67. The van der Waals surface area contributed by atoms with E-state index in [1.165, 1.54) is 0 Å². The molecule has 0 bridgehead atoms. The van der Waals surface area contributed by atoms with Crippen molar-refractivity contribution < 1.29 is 9.53 Å². The molecule has 2 aromatic rings. The van der Waals surface area contributed by atoms with Crippen LogP contribution in [0.5, 0.6) is 5.75 Å². The number of pyridine rings is 1. The molecule has 1 amide bonds. The van der Waals surface area contributed by atoms with Crippen LogP contribution in [0.4, 0.5) is 5.69 Å². The molecule has 104 valence electrons. The number of rotatable bonds is 5. The molecule has 1 aromatic heterocycles. The lowest BCUT2D eigenvalue weighted by Gasteiger charge is -2.07. The number of amides is 1. The van der Waals surface area contributed by atoms with Crippen molar-refractivity contribution in [3.8, 4) is 5.75 Å². The second-order valence-corrected chi connectivity index (χ2v) is 4.30. The van der Waals surface area contributed by atoms with Gasteiger partial charge in [0.1, 0.15) is 12.4 Å². The Balaban J connectivity index is 1.99. The average Bonchev–Trinajstić information content (AvgIpc) is 2.47. The fraction of sp³-hybridized carbons (Fsp3) is 0.200. The first kappa shape index (κ1) is 14.0. The third kappa shape index (κ3) is 3.80. The molecule has 0 saturated heterocycles. The van der Waals surface area contributed by atoms with Gasteiger partial charge in [0.15, 0.2) is 0 Å². The molecule has 0 fully saturated rings. The first-order chi connectivity index (χ1) is 9.69. The predicted molar refractivity (Wildman–Crippen MR) is 77.9 cm³/mol. The van der Waals surface area contributed by atoms with E-state index in [-0.39, 0.29) is 5.91 Å². The molecule has 0 aliphatic rings. The molecular weight excluding hydrogens is 254 g/mol. The van der Waals surface area contributed by atoms with Crippen molar-refractivity contribution in [2.45, 2.75) is 6.92 Å². The number of aryl methyl sites for hydroxylation is 1. The SMILES string of the molecule is Cc1ccc(C(=O)Nc2ccc(OCCN)cc2)cn1. The highest BCUT2D eigenvalue weighted by Crippen LogP contribution is 2.16. The van der Waals surface area contributed by atoms with Crippen molar-refractivity contribution in [2.75, 3.05) is 18.5 Å². The van der Waals surface area contributed by atoms with Crippen LogP contribution in [0.1, 0.15) is 16.1 Å². The Labute approximate surface area is 117 Å². The number of carbonyl (C=O) groups is 1. The van der Waals surface area contributed by atoms with E-state index in [2.05, 4.69) is 10.3 Å². The van der Waals surface area contributed by atoms with Gasteiger partial charge in [-0.2, -0.15) is 0 Å². The van der Waals surface area contributed by atoms with Crippen molar-refractivity contribution in [2.24, 2.45) is 5.73 Å². The fourth-order valence-electron chi connectivity index (χ4n) is 1.62. The van der Waals surface area contributed by atoms with Crippen LogP contribution in [0.15, 0.2) is 42.6 Å². The number of aromatic nitrogens is 1. The molecule has 0 saturated carbocycles. The number of hydrogen-bond acceptors (Lipinski definition) is 4. The van der Waals surface area contributed by atoms with Gasteiger partial charge in [0, 0.05) is 24.1 Å². The standard InChI is InChI=1S/C15H17N3O2/c1-11-2-3-12(10-17-11)15(19)18-13-4-6-14(7-5-13)20-9-8-16/h2-7,10H,8-9,16H2,1H3,(H,18,19). The Kier molecular flexibility index (Phi) is 4.68. The van der Waals surface area contributed by atoms with Crippen LogP contribution >= 0.6 is 0 Å². The zero-order chi connectivity index (χ0) is 14.4. The molecule has 5 nitrogen and oxygen atoms in total. The quantitative estimate of drug-likeness (QED) is 0.871. The molecule has 0 unspecified atom stereocenters. The molecule has 0 spiro atoms. The van der Waals surface area contributed by atoms with E-state index in [9.17, 15) is 4.79 Å². The molecule has 0 atom stereocenters. The predicted octanol–water partition coefficient (Wildman–Crippen LogP) is 1.98. The van der Waals surface area contributed by atoms with Crippen LogP contribution < -0.4 is 15.8 Å². The molecule has 0 radical (unpaired) electrons. The Morgan fingerprint density at radius 2 is 2.00 bits per heavy atom. The Morgan fingerprint density at radius 1 is 1.25 bits per heavy atom. The minimum atomic E-state index is -0.187. The van der Waals surface area contributed by atoms with Crippen LogP contribution in [0.3, 0.4) is 0 Å². The number of nitrogens with two attached hydrogens (primary N) is 1. The molecule has 0 aliphatic carbocycles. The van der Waals surface area contributed by atoms with Gasteiger partial charge in [-0.1, -0.05) is 0 Å². The van der Waals surface area contributed by atoms with E-state index < -0.39 is 0 Å². The van der Waals surface area contributed by atoms with E-state index in [0.29, 0.717) is 24.4 Å². The highest BCUT2D eigenvalue weighted by Gasteiger charge is 2.06. The summed E-state index contributed by atoms with van der Waals surface area (Å²) in [6.45, 7) is 2.82. The lowest BCUT2D eigenvalue weighted by molar-refractivity contribution is 0.102. The van der Waals surface area contributed by atoms with E-state index >= 15 is 0 Å². The largest absolute Gasteiger partial charge is 0.492 e. The number of hydrogen-bond donors (Lipinski definition) is 2. The summed E-state index contributed by atoms with van der Waals surface area (Å²) in [4.78, 5) is 16.1. The summed E-state index contributed by atoms with van der Waals surface area (Å²) in [5.41, 5.74) is 7.47. The molecule has 1 heterocycles. The topological polar surface area (TPSA) is 77.2 Å². The van der Waals surface area contributed by atoms with E-state index in [1.807, 2.05) is 6.92 Å². The Bertz CT molecular complexity index is 565. The minimum Gasteiger partial charge on any atom is -0.492 e. The van der Waals surface area contributed by atoms with Gasteiger partial charge < -0.3 is 15.8 Å². The maximum absolute atomic E-state index is 12.0. The summed E-state index contributed by atoms with van der Waals surface area (Å²) in [5.74, 6) is 0.540. The molecule has 5 heteroatoms. The molecule has 1 aromatic carbocycles. The van der Waals surface area contributed by atoms with Gasteiger partial charge in [-0.15, -0.1) is 0 Å². The van der Waals surface area contributed by atoms with Crippen molar-refractivity contribution in [3.63, 3.8) is 0 Å². The second kappa shape index (κ2) is 6.68. The van der Waals surface area contributed by atoms with E-state index in [4.69, 9.17) is 10.5 Å². The maximum atomic E-state index is 12.0. The van der Waals surface area contributed by atoms with Crippen LogP contribution in [-0.4, -0.2) is 24.0 Å². The normalized spacial score (nSPS) is 10.1. The lowest BCUT2D eigenvalue weighted by atomic mass is 10.2. The number of nitrogens with one attached hydrogen (secondary N) is 1. The van der Waals surface area contributed by atoms with Gasteiger partial charge in [-0.05, 0) is 43.3 Å². The van der Waals surface area contributed by atoms with E-state index in [0.717, 1.165) is 11.4 Å². The Hall–Kier alpha value is -2.40. The van der Waals surface area contributed by atoms with Crippen LogP contribution in [0, 0.1) is 6.92 Å². The Morgan fingerprint density at radius 3 is 2.60 bits per heavy atom. The van der Waals surface area contributed by atoms with Crippen molar-refractivity contribution in [1.82, 2.24) is 4.98 Å². The van der Waals surface area contributed by atoms with E-state index in [1.54, 1.807) is 42.6 Å². The monoisotopic (exact) mass is 271 g/mol. The highest BCUT2D eigenvalue weighted by atomic mass is 16.5. The van der Waals surface area contributed by atoms with Crippen LogP contribution in [0.25, 0.3) is 0 Å². The van der Waals surface area contributed by atoms with Gasteiger partial charge in [0.05, 0.1) is 5.56 Å². The minimum absolute atomic E-state index is 0.187. The molecule has 0 aliphatic heterocycles. The third-order valence-corrected chi connectivity index (χ3v) is 2.67. The zero-order valence-corrected chi connectivity index (χ0v) is 11.3. The first-order valence-corrected chi connectivity index (χ1v) is 6.36. The summed E-state index contributed by atoms with van der Waals surface area (Å²) in [7, 11) is 0. The molecule has 2 rings (SSSR count). The number of benzene rings is 1. The summed E-state index contributed by atoms with van der Waals surface area (Å²) in [5, 5.41) is 2.80. The van der Waals surface area contributed by atoms with Crippen LogP contribution in [0.2, 0.25) is 0 Å². The molecule has 3 N–H and O–H groups in total. The van der Waals surface area contributed by atoms with Crippen molar-refractivity contribution in [3.05, 3.63) is 53.9 Å². The summed E-state index contributed by atoms with van der Waals surface area (Å²) < 4.78 is 5.37. The van der Waals surface area contributed by atoms with Gasteiger partial charge in [0.2, 0.25) is 0 Å². The average molecular weight is 271 g/mol. The summed E-state index contributed by atoms with van der Waals surface area (Å²) >= 11 is 0. The van der Waals surface area contributed by atoms with Gasteiger partial charge in [-0.3, -0.25) is 9.78 Å². The van der Waals surface area contributed by atoms with Crippen molar-refractivity contribution >= 4 is 11.6 Å². The number of nitrogens with zero attached hydrogens (tertiary/aromatic N) is 1. The maximum Gasteiger partial charge on any atom is 0.257 e. The summed E-state index contributed by atoms with van der Waals surface area (Å²) in [6, 6.07) is 10.7. The number of ether oxygens (including phenoxy) is 1. The van der Waals surface area contributed by atoms with Gasteiger partial charge in [0.25, 0.3) is 5.91 Å². The smallest absolute Gasteiger partial charge is 0.257 e. The highest BCUT2D eigenvalue weighted by molar-refractivity contribution is 6.04. The summed E-state index contributed by atoms with van der Waals surface area (Å²) in [6.07, 6.45) is 1.56. The first-order valence-electron chi connectivity index (χ1n) is 6.36. The lowest BCUT2D eigenvalue weighted by Crippen LogP contribution is -2.12. The van der Waals surface area contributed by atoms with Crippen molar-refractivity contribution in [1.29, 1.82) is 0 Å². The molecule has 20 heavy (non-hydrogen) atoms. The molecular formula is C15H17N3O2. The van der Waals surface area contributed by atoms with Crippen LogP contribution in [-0.2, 0) is 0 Å². The van der Waals surface area contributed by atoms with Gasteiger partial charge in [-0.25, -0.2) is 0 Å². The second-order valence-electron chi connectivity index (χ2n) is 4.30. The number of carbonyl (C=O) groups excluding carboxylic acids is 1. The fourth-order valence-corrected chi connectivity index (χ4v) is 1.62. The zero-order valence-electron chi connectivity index (χ0n) is 11.3.